The van der Waals surface area contributed by atoms with Gasteiger partial charge < -0.3 is 15.5 Å². The number of amides is 2. The summed E-state index contributed by atoms with van der Waals surface area (Å²) in [6.07, 6.45) is 2.78. The molecule has 7 heteroatoms. The van der Waals surface area contributed by atoms with Crippen LogP contribution in [-0.4, -0.2) is 11.8 Å². The van der Waals surface area contributed by atoms with E-state index in [4.69, 9.17) is 10.2 Å². The van der Waals surface area contributed by atoms with Crippen molar-refractivity contribution in [2.45, 2.75) is 26.2 Å². The van der Waals surface area contributed by atoms with Gasteiger partial charge in [-0.1, -0.05) is 6.92 Å². The molecule has 0 aromatic carbocycles. The monoisotopic (exact) mass is 382 g/mol. The molecule has 2 heterocycles. The van der Waals surface area contributed by atoms with Crippen molar-refractivity contribution in [3.8, 4) is 0 Å². The van der Waals surface area contributed by atoms with Crippen LogP contribution >= 0.6 is 27.3 Å². The van der Waals surface area contributed by atoms with E-state index in [2.05, 4.69) is 28.2 Å². The van der Waals surface area contributed by atoms with Crippen LogP contribution in [0.2, 0.25) is 0 Å². The van der Waals surface area contributed by atoms with Gasteiger partial charge in [0, 0.05) is 4.88 Å². The highest BCUT2D eigenvalue weighted by atomic mass is 79.9. The summed E-state index contributed by atoms with van der Waals surface area (Å²) in [7, 11) is 0. The Labute approximate surface area is 140 Å². The minimum atomic E-state index is -0.497. The summed E-state index contributed by atoms with van der Waals surface area (Å²) < 4.78 is 5.71. The zero-order chi connectivity index (χ0) is 15.9. The Bertz CT molecular complexity index is 750. The Kier molecular flexibility index (Phi) is 4.10. The Balaban J connectivity index is 1.93. The molecule has 2 aromatic heterocycles. The number of fused-ring (bicyclic) bond motifs is 1. The number of carbonyl (C=O) groups excluding carboxylic acids is 2. The normalized spacial score (nSPS) is 17.1. The number of hydrogen-bond donors (Lipinski definition) is 2. The number of thiophene rings is 1. The molecule has 1 aliphatic carbocycles. The van der Waals surface area contributed by atoms with Gasteiger partial charge in [0.1, 0.15) is 5.00 Å². The molecule has 5 nitrogen and oxygen atoms in total. The van der Waals surface area contributed by atoms with Crippen molar-refractivity contribution in [3.63, 3.8) is 0 Å². The SMILES string of the molecule is CC1CCc2c(sc(NC(=O)c3ccc(Br)o3)c2C(N)=O)C1. The van der Waals surface area contributed by atoms with E-state index in [0.717, 1.165) is 29.7 Å². The third-order valence-electron chi connectivity index (χ3n) is 3.78. The van der Waals surface area contributed by atoms with E-state index < -0.39 is 5.91 Å². The molecule has 0 spiro atoms. The summed E-state index contributed by atoms with van der Waals surface area (Å²) in [6, 6.07) is 3.21. The van der Waals surface area contributed by atoms with Crippen LogP contribution in [0.25, 0.3) is 0 Å². The van der Waals surface area contributed by atoms with Crippen LogP contribution in [0.3, 0.4) is 0 Å². The molecule has 2 aromatic rings. The third kappa shape index (κ3) is 2.83. The number of anilines is 1. The predicted octanol–water partition coefficient (Wildman–Crippen LogP) is 3.58. The third-order valence-corrected chi connectivity index (χ3v) is 5.38. The van der Waals surface area contributed by atoms with Gasteiger partial charge in [-0.2, -0.15) is 0 Å². The quantitative estimate of drug-likeness (QED) is 0.850. The number of carbonyl (C=O) groups is 2. The number of nitrogens with two attached hydrogens (primary N) is 1. The second kappa shape index (κ2) is 5.89. The van der Waals surface area contributed by atoms with Crippen LogP contribution in [0.1, 0.15) is 44.7 Å². The highest BCUT2D eigenvalue weighted by Crippen LogP contribution is 2.39. The largest absolute Gasteiger partial charge is 0.444 e. The lowest BCUT2D eigenvalue weighted by Crippen LogP contribution is -2.19. The second-order valence-corrected chi connectivity index (χ2v) is 7.36. The fourth-order valence-corrected chi connectivity index (χ4v) is 4.42. The van der Waals surface area contributed by atoms with E-state index in [-0.39, 0.29) is 11.7 Å². The summed E-state index contributed by atoms with van der Waals surface area (Å²) in [5.74, 6) is -0.124. The molecule has 2 amide bonds. The molecule has 0 radical (unpaired) electrons. The summed E-state index contributed by atoms with van der Waals surface area (Å²) in [5, 5.41) is 3.28. The zero-order valence-corrected chi connectivity index (χ0v) is 14.3. The van der Waals surface area contributed by atoms with Gasteiger partial charge in [0.05, 0.1) is 5.56 Å². The smallest absolute Gasteiger partial charge is 0.292 e. The van der Waals surface area contributed by atoms with E-state index in [1.807, 2.05) is 0 Å². The lowest BCUT2D eigenvalue weighted by atomic mass is 9.88. The van der Waals surface area contributed by atoms with Crippen LogP contribution < -0.4 is 11.1 Å². The number of rotatable bonds is 3. The average Bonchev–Trinajstić information content (AvgIpc) is 3.01. The van der Waals surface area contributed by atoms with Crippen molar-refractivity contribution >= 4 is 44.1 Å². The molecule has 1 aliphatic rings. The van der Waals surface area contributed by atoms with Crippen LogP contribution in [0, 0.1) is 5.92 Å². The standard InChI is InChI=1S/C15H15BrN2O3S/c1-7-2-3-8-10(6-7)22-15(12(8)13(17)19)18-14(20)9-4-5-11(16)21-9/h4-5,7H,2-3,6H2,1H3,(H2,17,19)(H,18,20). The van der Waals surface area contributed by atoms with Crippen molar-refractivity contribution in [3.05, 3.63) is 38.6 Å². The fourth-order valence-electron chi connectivity index (χ4n) is 2.70. The van der Waals surface area contributed by atoms with Crippen LogP contribution in [-0.2, 0) is 12.8 Å². The molecule has 0 bridgehead atoms. The van der Waals surface area contributed by atoms with Gasteiger partial charge in [-0.3, -0.25) is 9.59 Å². The van der Waals surface area contributed by atoms with Crippen LogP contribution in [0.15, 0.2) is 21.2 Å². The number of primary amides is 1. The van der Waals surface area contributed by atoms with Gasteiger partial charge in [0.2, 0.25) is 0 Å². The number of nitrogens with one attached hydrogen (secondary N) is 1. The van der Waals surface area contributed by atoms with Gasteiger partial charge >= 0.3 is 0 Å². The molecular formula is C15H15BrN2O3S. The van der Waals surface area contributed by atoms with E-state index in [9.17, 15) is 9.59 Å². The van der Waals surface area contributed by atoms with Gasteiger partial charge in [-0.15, -0.1) is 11.3 Å². The van der Waals surface area contributed by atoms with Gasteiger partial charge in [-0.25, -0.2) is 0 Å². The average molecular weight is 383 g/mol. The summed E-state index contributed by atoms with van der Waals surface area (Å²) >= 11 is 4.60. The highest BCUT2D eigenvalue weighted by molar-refractivity contribution is 9.10. The maximum atomic E-state index is 12.2. The second-order valence-electron chi connectivity index (χ2n) is 5.48. The first kappa shape index (κ1) is 15.3. The van der Waals surface area contributed by atoms with E-state index in [0.29, 0.717) is 21.2 Å². The van der Waals surface area contributed by atoms with E-state index in [1.165, 1.54) is 11.3 Å². The Morgan fingerprint density at radius 3 is 2.86 bits per heavy atom. The van der Waals surface area contributed by atoms with Gasteiger partial charge in [0.25, 0.3) is 11.8 Å². The van der Waals surface area contributed by atoms with Crippen molar-refractivity contribution in [2.75, 3.05) is 5.32 Å². The fraction of sp³-hybridized carbons (Fsp3) is 0.333. The first-order chi connectivity index (χ1) is 10.5. The molecule has 0 fully saturated rings. The zero-order valence-electron chi connectivity index (χ0n) is 11.9. The molecule has 1 unspecified atom stereocenters. The maximum absolute atomic E-state index is 12.2. The van der Waals surface area contributed by atoms with Crippen molar-refractivity contribution in [1.82, 2.24) is 0 Å². The topological polar surface area (TPSA) is 85.3 Å². The number of furan rings is 1. The minimum absolute atomic E-state index is 0.182. The number of halogens is 1. The van der Waals surface area contributed by atoms with Crippen molar-refractivity contribution < 1.29 is 14.0 Å². The van der Waals surface area contributed by atoms with E-state index >= 15 is 0 Å². The highest BCUT2D eigenvalue weighted by Gasteiger charge is 2.27. The van der Waals surface area contributed by atoms with Crippen molar-refractivity contribution in [2.24, 2.45) is 11.7 Å². The molecule has 3 rings (SSSR count). The summed E-state index contributed by atoms with van der Waals surface area (Å²) in [4.78, 5) is 25.2. The summed E-state index contributed by atoms with van der Waals surface area (Å²) in [5.41, 5.74) is 6.96. The lowest BCUT2D eigenvalue weighted by Gasteiger charge is -2.18. The molecule has 1 atom stereocenters. The summed E-state index contributed by atoms with van der Waals surface area (Å²) in [6.45, 7) is 2.19. The minimum Gasteiger partial charge on any atom is -0.444 e. The molecule has 22 heavy (non-hydrogen) atoms. The molecule has 0 aliphatic heterocycles. The van der Waals surface area contributed by atoms with Crippen molar-refractivity contribution in [1.29, 1.82) is 0 Å². The van der Waals surface area contributed by atoms with Crippen LogP contribution in [0.4, 0.5) is 5.00 Å². The Morgan fingerprint density at radius 2 is 2.23 bits per heavy atom. The van der Waals surface area contributed by atoms with Gasteiger partial charge in [0.15, 0.2) is 10.4 Å². The maximum Gasteiger partial charge on any atom is 0.292 e. The molecule has 3 N–H and O–H groups in total. The first-order valence-electron chi connectivity index (χ1n) is 6.96. The Morgan fingerprint density at radius 1 is 1.45 bits per heavy atom. The predicted molar refractivity (Wildman–Crippen MR) is 88.4 cm³/mol. The molecule has 0 saturated carbocycles. The Hall–Kier alpha value is -1.60. The molecule has 116 valence electrons. The van der Waals surface area contributed by atoms with Crippen LogP contribution in [0.5, 0.6) is 0 Å². The van der Waals surface area contributed by atoms with Gasteiger partial charge in [-0.05, 0) is 58.8 Å². The number of hydrogen-bond acceptors (Lipinski definition) is 4. The molecular weight excluding hydrogens is 368 g/mol. The van der Waals surface area contributed by atoms with E-state index in [1.54, 1.807) is 12.1 Å². The lowest BCUT2D eigenvalue weighted by molar-refractivity contribution is 0.0996. The molecule has 0 saturated heterocycles. The first-order valence-corrected chi connectivity index (χ1v) is 8.57.